The molecule has 1 aromatic carbocycles. The van der Waals surface area contributed by atoms with Gasteiger partial charge in [0.05, 0.1) is 7.11 Å². The maximum atomic E-state index is 13.6. The molecule has 0 saturated carbocycles. The molecule has 0 aliphatic heterocycles. The number of esters is 1. The Hall–Kier alpha value is -2.45. The van der Waals surface area contributed by atoms with Crippen molar-refractivity contribution < 1.29 is 36.3 Å². The van der Waals surface area contributed by atoms with Gasteiger partial charge < -0.3 is 9.64 Å². The quantitative estimate of drug-likeness (QED) is 0.125. The minimum atomic E-state index is -2.40. The van der Waals surface area contributed by atoms with Crippen LogP contribution in [0.4, 0.5) is 22.0 Å². The highest BCUT2D eigenvalue weighted by atomic mass is 19.2. The normalized spacial score (nSPS) is 11.4. The molecule has 0 fully saturated rings. The largest absolute Gasteiger partial charge is 0.465 e. The van der Waals surface area contributed by atoms with Crippen LogP contribution < -0.4 is 0 Å². The van der Waals surface area contributed by atoms with Gasteiger partial charge in [-0.3, -0.25) is 4.79 Å². The third-order valence-electron chi connectivity index (χ3n) is 2.47. The van der Waals surface area contributed by atoms with E-state index in [1.807, 2.05) is 0 Å². The number of halogens is 5. The molecule has 1 rings (SSSR count). The Morgan fingerprint density at radius 1 is 0.909 bits per heavy atom. The van der Waals surface area contributed by atoms with E-state index in [0.717, 1.165) is 18.2 Å². The van der Waals surface area contributed by atoms with Gasteiger partial charge in [-0.1, -0.05) is 0 Å². The van der Waals surface area contributed by atoms with E-state index in [4.69, 9.17) is 0 Å². The van der Waals surface area contributed by atoms with E-state index in [2.05, 4.69) is 4.74 Å². The van der Waals surface area contributed by atoms with Crippen LogP contribution in [-0.4, -0.2) is 37.9 Å². The first-order valence-corrected chi connectivity index (χ1v) is 5.66. The van der Waals surface area contributed by atoms with Gasteiger partial charge in [-0.05, 0) is 0 Å². The first kappa shape index (κ1) is 17.6. The number of benzene rings is 1. The van der Waals surface area contributed by atoms with Crippen molar-refractivity contribution in [2.75, 3.05) is 21.2 Å². The predicted octanol–water partition coefficient (Wildman–Crippen LogP) is 2.18. The maximum Gasteiger partial charge on any atom is 0.343 e. The lowest BCUT2D eigenvalue weighted by Gasteiger charge is -2.11. The van der Waals surface area contributed by atoms with Crippen LogP contribution in [0.5, 0.6) is 0 Å². The summed E-state index contributed by atoms with van der Waals surface area (Å²) in [5.74, 6) is -14.6. The number of carbonyl (C=O) groups is 2. The fourth-order valence-corrected chi connectivity index (χ4v) is 1.51. The maximum absolute atomic E-state index is 13.6. The van der Waals surface area contributed by atoms with Crippen LogP contribution in [0.2, 0.25) is 0 Å². The van der Waals surface area contributed by atoms with Crippen LogP contribution in [-0.2, 0) is 9.53 Å². The van der Waals surface area contributed by atoms with Crippen LogP contribution in [0, 0.1) is 29.1 Å². The van der Waals surface area contributed by atoms with E-state index in [9.17, 15) is 31.5 Å². The molecule has 0 unspecified atom stereocenters. The molecule has 0 spiro atoms. The van der Waals surface area contributed by atoms with Crippen molar-refractivity contribution in [3.05, 3.63) is 46.4 Å². The Morgan fingerprint density at radius 2 is 1.32 bits per heavy atom. The third-order valence-corrected chi connectivity index (χ3v) is 2.47. The minimum Gasteiger partial charge on any atom is -0.465 e. The van der Waals surface area contributed by atoms with E-state index in [0.29, 0.717) is 0 Å². The summed E-state index contributed by atoms with van der Waals surface area (Å²) in [6.07, 6.45) is 0.839. The molecule has 0 amide bonds. The molecule has 4 nitrogen and oxygen atoms in total. The highest BCUT2D eigenvalue weighted by molar-refractivity contribution is 6.24. The van der Waals surface area contributed by atoms with Crippen LogP contribution in [0.3, 0.4) is 0 Å². The lowest BCUT2D eigenvalue weighted by molar-refractivity contribution is -0.135. The van der Waals surface area contributed by atoms with Crippen molar-refractivity contribution in [3.8, 4) is 0 Å². The van der Waals surface area contributed by atoms with E-state index >= 15 is 0 Å². The Labute approximate surface area is 121 Å². The van der Waals surface area contributed by atoms with Crippen molar-refractivity contribution in [1.82, 2.24) is 4.90 Å². The average Bonchev–Trinajstić information content (AvgIpc) is 2.47. The summed E-state index contributed by atoms with van der Waals surface area (Å²) in [4.78, 5) is 24.6. The number of hydrogen-bond acceptors (Lipinski definition) is 4. The van der Waals surface area contributed by atoms with Gasteiger partial charge in [0.2, 0.25) is 11.6 Å². The molecule has 0 atom stereocenters. The summed E-state index contributed by atoms with van der Waals surface area (Å²) in [5, 5.41) is 0. The number of hydrogen-bond donors (Lipinski definition) is 0. The van der Waals surface area contributed by atoms with Gasteiger partial charge in [0.25, 0.3) is 0 Å². The number of carbonyl (C=O) groups excluding carboxylic acids is 2. The number of Topliss-reactive ketones (excluding diaryl/α,β-unsaturated/α-hetero) is 1. The Morgan fingerprint density at radius 3 is 1.68 bits per heavy atom. The topological polar surface area (TPSA) is 46.6 Å². The standard InChI is InChI=1S/C13H10F5NO3/c1-19(2)4-5(13(21)22-3)12(20)6-7(14)9(16)11(18)10(17)8(6)15/h4H,1-3H3/b5-4-. The zero-order valence-corrected chi connectivity index (χ0v) is 11.6. The Kier molecular flexibility index (Phi) is 5.23. The number of ketones is 1. The van der Waals surface area contributed by atoms with E-state index in [1.165, 1.54) is 14.1 Å². The number of methoxy groups -OCH3 is 1. The van der Waals surface area contributed by atoms with Crippen LogP contribution in [0.1, 0.15) is 10.4 Å². The monoisotopic (exact) mass is 323 g/mol. The fourth-order valence-electron chi connectivity index (χ4n) is 1.51. The zero-order valence-electron chi connectivity index (χ0n) is 11.6. The van der Waals surface area contributed by atoms with Gasteiger partial charge in [0.1, 0.15) is 11.1 Å². The molecule has 0 N–H and O–H groups in total. The highest BCUT2D eigenvalue weighted by Gasteiger charge is 2.33. The second-order valence-corrected chi connectivity index (χ2v) is 4.27. The molecular formula is C13H10F5NO3. The molecule has 0 saturated heterocycles. The summed E-state index contributed by atoms with van der Waals surface area (Å²) < 4.78 is 70.6. The fraction of sp³-hybridized carbons (Fsp3) is 0.231. The smallest absolute Gasteiger partial charge is 0.343 e. The summed E-state index contributed by atoms with van der Waals surface area (Å²) in [5.41, 5.74) is -2.62. The van der Waals surface area contributed by atoms with Crippen molar-refractivity contribution >= 4 is 11.8 Å². The summed E-state index contributed by atoms with van der Waals surface area (Å²) in [7, 11) is 3.63. The highest BCUT2D eigenvalue weighted by Crippen LogP contribution is 2.25. The minimum absolute atomic E-state index is 0.839. The molecule has 1 aromatic rings. The summed E-state index contributed by atoms with van der Waals surface area (Å²) in [6, 6.07) is 0. The molecule has 120 valence electrons. The molecule has 22 heavy (non-hydrogen) atoms. The van der Waals surface area contributed by atoms with Gasteiger partial charge in [-0.15, -0.1) is 0 Å². The van der Waals surface area contributed by atoms with Gasteiger partial charge in [-0.2, -0.15) is 0 Å². The van der Waals surface area contributed by atoms with Crippen molar-refractivity contribution in [2.24, 2.45) is 0 Å². The third kappa shape index (κ3) is 3.07. The van der Waals surface area contributed by atoms with E-state index in [-0.39, 0.29) is 0 Å². The second kappa shape index (κ2) is 6.54. The van der Waals surface area contributed by atoms with Crippen LogP contribution >= 0.6 is 0 Å². The molecular weight excluding hydrogens is 313 g/mol. The van der Waals surface area contributed by atoms with Crippen molar-refractivity contribution in [3.63, 3.8) is 0 Å². The van der Waals surface area contributed by atoms with Gasteiger partial charge in [-0.25, -0.2) is 26.7 Å². The van der Waals surface area contributed by atoms with Gasteiger partial charge >= 0.3 is 5.97 Å². The Balaban J connectivity index is 3.60. The lowest BCUT2D eigenvalue weighted by atomic mass is 10.0. The summed E-state index contributed by atoms with van der Waals surface area (Å²) >= 11 is 0. The second-order valence-electron chi connectivity index (χ2n) is 4.27. The van der Waals surface area contributed by atoms with Crippen molar-refractivity contribution in [2.45, 2.75) is 0 Å². The Bertz CT molecular complexity index is 641. The predicted molar refractivity (Wildman–Crippen MR) is 64.3 cm³/mol. The first-order valence-electron chi connectivity index (χ1n) is 5.66. The van der Waals surface area contributed by atoms with E-state index in [1.54, 1.807) is 0 Å². The summed E-state index contributed by atoms with van der Waals surface area (Å²) in [6.45, 7) is 0. The first-order chi connectivity index (χ1) is 10.1. The van der Waals surface area contributed by atoms with Crippen LogP contribution in [0.15, 0.2) is 11.8 Å². The molecule has 0 bridgehead atoms. The molecule has 9 heteroatoms. The number of nitrogens with zero attached hydrogens (tertiary/aromatic N) is 1. The molecule has 0 aromatic heterocycles. The molecule has 0 radical (unpaired) electrons. The van der Waals surface area contributed by atoms with Gasteiger partial charge in [0.15, 0.2) is 23.3 Å². The molecule has 0 heterocycles. The average molecular weight is 323 g/mol. The number of ether oxygens (including phenoxy) is 1. The number of rotatable bonds is 4. The van der Waals surface area contributed by atoms with E-state index < -0.39 is 52.0 Å². The van der Waals surface area contributed by atoms with Crippen molar-refractivity contribution in [1.29, 1.82) is 0 Å². The molecule has 0 aliphatic carbocycles. The molecule has 0 aliphatic rings. The zero-order chi connectivity index (χ0) is 17.2. The lowest BCUT2D eigenvalue weighted by Crippen LogP contribution is -2.22. The SMILES string of the molecule is COC(=O)/C(=C\N(C)C)C(=O)c1c(F)c(F)c(F)c(F)c1F. The van der Waals surface area contributed by atoms with Crippen LogP contribution in [0.25, 0.3) is 0 Å². The van der Waals surface area contributed by atoms with Gasteiger partial charge in [0, 0.05) is 20.3 Å².